The van der Waals surface area contributed by atoms with Crippen LogP contribution in [0.2, 0.25) is 0 Å². The van der Waals surface area contributed by atoms with Crippen LogP contribution < -0.4 is 4.74 Å². The van der Waals surface area contributed by atoms with Gasteiger partial charge in [0, 0.05) is 19.6 Å². The highest BCUT2D eigenvalue weighted by Crippen LogP contribution is 2.44. The van der Waals surface area contributed by atoms with E-state index in [-0.39, 0.29) is 18.0 Å². The fourth-order valence-corrected chi connectivity index (χ4v) is 3.72. The SMILES string of the molecule is CC(C)(C)OC(=O)N1CCN2C(=O)c3c(cccc3C3CC3)OCC2C1. The van der Waals surface area contributed by atoms with Gasteiger partial charge in [-0.3, -0.25) is 4.79 Å². The zero-order chi connectivity index (χ0) is 18.5. The van der Waals surface area contributed by atoms with Crippen LogP contribution in [0.3, 0.4) is 0 Å². The van der Waals surface area contributed by atoms with Crippen molar-refractivity contribution < 1.29 is 19.1 Å². The molecule has 4 rings (SSSR count). The molecule has 1 unspecified atom stereocenters. The summed E-state index contributed by atoms with van der Waals surface area (Å²) in [4.78, 5) is 29.2. The Hall–Kier alpha value is -2.24. The number of piperazine rings is 1. The number of benzene rings is 1. The van der Waals surface area contributed by atoms with Crippen molar-refractivity contribution in [1.82, 2.24) is 9.80 Å². The number of fused-ring (bicyclic) bond motifs is 2. The topological polar surface area (TPSA) is 59.1 Å². The second-order valence-corrected chi connectivity index (χ2v) is 8.38. The van der Waals surface area contributed by atoms with Gasteiger partial charge in [-0.25, -0.2) is 4.79 Å². The highest BCUT2D eigenvalue weighted by Gasteiger charge is 2.40. The smallest absolute Gasteiger partial charge is 0.410 e. The number of hydrogen-bond donors (Lipinski definition) is 0. The summed E-state index contributed by atoms with van der Waals surface area (Å²) in [5.41, 5.74) is 1.31. The maximum Gasteiger partial charge on any atom is 0.410 e. The fraction of sp³-hybridized carbons (Fsp3) is 0.600. The molecule has 2 aliphatic heterocycles. The van der Waals surface area contributed by atoms with Crippen LogP contribution in [-0.2, 0) is 4.74 Å². The Morgan fingerprint density at radius 1 is 1.23 bits per heavy atom. The van der Waals surface area contributed by atoms with Crippen molar-refractivity contribution in [3.63, 3.8) is 0 Å². The van der Waals surface area contributed by atoms with Crippen molar-refractivity contribution in [3.05, 3.63) is 29.3 Å². The Balaban J connectivity index is 1.54. The van der Waals surface area contributed by atoms with Gasteiger partial charge >= 0.3 is 6.09 Å². The number of rotatable bonds is 1. The minimum atomic E-state index is -0.528. The molecule has 1 atom stereocenters. The molecule has 0 bridgehead atoms. The van der Waals surface area contributed by atoms with E-state index in [4.69, 9.17) is 9.47 Å². The predicted octanol–water partition coefficient (Wildman–Crippen LogP) is 3.02. The monoisotopic (exact) mass is 358 g/mol. The molecule has 1 aliphatic carbocycles. The van der Waals surface area contributed by atoms with Gasteiger partial charge in [0.15, 0.2) is 0 Å². The molecule has 140 valence electrons. The quantitative estimate of drug-likeness (QED) is 0.774. The highest BCUT2D eigenvalue weighted by molar-refractivity contribution is 5.99. The summed E-state index contributed by atoms with van der Waals surface area (Å²) in [6.07, 6.45) is 1.95. The van der Waals surface area contributed by atoms with Crippen molar-refractivity contribution in [1.29, 1.82) is 0 Å². The van der Waals surface area contributed by atoms with Crippen molar-refractivity contribution in [3.8, 4) is 5.75 Å². The van der Waals surface area contributed by atoms with E-state index in [0.29, 0.717) is 37.9 Å². The molecule has 2 fully saturated rings. The molecular formula is C20H26N2O4. The van der Waals surface area contributed by atoms with Crippen LogP contribution in [0.4, 0.5) is 4.79 Å². The summed E-state index contributed by atoms with van der Waals surface area (Å²) in [5, 5.41) is 0. The van der Waals surface area contributed by atoms with E-state index in [2.05, 4.69) is 6.07 Å². The summed E-state index contributed by atoms with van der Waals surface area (Å²) in [6.45, 7) is 7.39. The Labute approximate surface area is 154 Å². The second kappa shape index (κ2) is 6.18. The Kier molecular flexibility index (Phi) is 4.09. The van der Waals surface area contributed by atoms with Crippen LogP contribution in [0.25, 0.3) is 0 Å². The molecular weight excluding hydrogens is 332 g/mol. The zero-order valence-electron chi connectivity index (χ0n) is 15.7. The van der Waals surface area contributed by atoms with E-state index in [1.54, 1.807) is 4.90 Å². The zero-order valence-corrected chi connectivity index (χ0v) is 15.7. The lowest BCUT2D eigenvalue weighted by atomic mass is 10.0. The molecule has 3 aliphatic rings. The number of amides is 2. The van der Waals surface area contributed by atoms with Gasteiger partial charge in [-0.1, -0.05) is 12.1 Å². The van der Waals surface area contributed by atoms with Crippen LogP contribution in [0, 0.1) is 0 Å². The average molecular weight is 358 g/mol. The van der Waals surface area contributed by atoms with Crippen LogP contribution in [0.15, 0.2) is 18.2 Å². The summed E-state index contributed by atoms with van der Waals surface area (Å²) >= 11 is 0. The Bertz CT molecular complexity index is 736. The summed E-state index contributed by atoms with van der Waals surface area (Å²) in [6, 6.07) is 5.75. The van der Waals surface area contributed by atoms with Gasteiger partial charge < -0.3 is 19.3 Å². The molecule has 1 aromatic carbocycles. The van der Waals surface area contributed by atoms with E-state index in [9.17, 15) is 9.59 Å². The first-order valence-electron chi connectivity index (χ1n) is 9.38. The molecule has 6 nitrogen and oxygen atoms in total. The molecule has 0 spiro atoms. The largest absolute Gasteiger partial charge is 0.491 e. The molecule has 1 saturated carbocycles. The third-order valence-electron chi connectivity index (χ3n) is 5.12. The number of nitrogens with zero attached hydrogens (tertiary/aromatic N) is 2. The second-order valence-electron chi connectivity index (χ2n) is 8.38. The minimum Gasteiger partial charge on any atom is -0.491 e. The van der Waals surface area contributed by atoms with E-state index >= 15 is 0 Å². The summed E-state index contributed by atoms with van der Waals surface area (Å²) < 4.78 is 11.5. The molecule has 26 heavy (non-hydrogen) atoms. The van der Waals surface area contributed by atoms with Crippen LogP contribution in [0.5, 0.6) is 5.75 Å². The fourth-order valence-electron chi connectivity index (χ4n) is 3.72. The number of hydrogen-bond acceptors (Lipinski definition) is 4. The van der Waals surface area contributed by atoms with Gasteiger partial charge in [0.1, 0.15) is 18.0 Å². The molecule has 1 saturated heterocycles. The summed E-state index contributed by atoms with van der Waals surface area (Å²) in [7, 11) is 0. The first-order valence-corrected chi connectivity index (χ1v) is 9.38. The Morgan fingerprint density at radius 2 is 2.00 bits per heavy atom. The molecule has 2 heterocycles. The van der Waals surface area contributed by atoms with Gasteiger partial charge in [-0.05, 0) is 51.2 Å². The molecule has 2 amide bonds. The third kappa shape index (κ3) is 3.24. The summed E-state index contributed by atoms with van der Waals surface area (Å²) in [5.74, 6) is 1.20. The van der Waals surface area contributed by atoms with Gasteiger partial charge in [0.2, 0.25) is 0 Å². The lowest BCUT2D eigenvalue weighted by Gasteiger charge is -2.40. The van der Waals surface area contributed by atoms with E-state index in [0.717, 1.165) is 24.0 Å². The highest BCUT2D eigenvalue weighted by atomic mass is 16.6. The predicted molar refractivity (Wildman–Crippen MR) is 96.5 cm³/mol. The maximum atomic E-state index is 13.2. The lowest BCUT2D eigenvalue weighted by Crippen LogP contribution is -2.58. The standard InChI is InChI=1S/C20H26N2O4/c1-20(2,3)26-19(24)21-9-10-22-14(11-21)12-25-16-6-4-5-15(13-7-8-13)17(16)18(22)23/h4-6,13-14H,7-12H2,1-3H3. The van der Waals surface area contributed by atoms with Gasteiger partial charge in [-0.2, -0.15) is 0 Å². The van der Waals surface area contributed by atoms with E-state index in [1.807, 2.05) is 37.8 Å². The van der Waals surface area contributed by atoms with Crippen molar-refractivity contribution in [2.24, 2.45) is 0 Å². The van der Waals surface area contributed by atoms with Crippen molar-refractivity contribution >= 4 is 12.0 Å². The van der Waals surface area contributed by atoms with E-state index in [1.165, 1.54) is 0 Å². The molecule has 0 aromatic heterocycles. The van der Waals surface area contributed by atoms with Gasteiger partial charge in [0.25, 0.3) is 5.91 Å². The number of carbonyl (C=O) groups is 2. The third-order valence-corrected chi connectivity index (χ3v) is 5.12. The van der Waals surface area contributed by atoms with Gasteiger partial charge in [0.05, 0.1) is 11.6 Å². The number of carbonyl (C=O) groups excluding carboxylic acids is 2. The molecule has 0 N–H and O–H groups in total. The normalized spacial score (nSPS) is 22.9. The average Bonchev–Trinajstić information content (AvgIpc) is 3.42. The molecule has 1 aromatic rings. The molecule has 6 heteroatoms. The van der Waals surface area contributed by atoms with Gasteiger partial charge in [-0.15, -0.1) is 0 Å². The maximum absolute atomic E-state index is 13.2. The first kappa shape index (κ1) is 17.2. The molecule has 0 radical (unpaired) electrons. The van der Waals surface area contributed by atoms with Crippen LogP contribution in [0.1, 0.15) is 55.5 Å². The minimum absolute atomic E-state index is 0.0360. The van der Waals surface area contributed by atoms with Crippen LogP contribution >= 0.6 is 0 Å². The van der Waals surface area contributed by atoms with Crippen molar-refractivity contribution in [2.45, 2.75) is 51.2 Å². The first-order chi connectivity index (χ1) is 12.3. The Morgan fingerprint density at radius 3 is 2.69 bits per heavy atom. The van der Waals surface area contributed by atoms with Crippen molar-refractivity contribution in [2.75, 3.05) is 26.2 Å². The van der Waals surface area contributed by atoms with Crippen LogP contribution in [-0.4, -0.2) is 59.7 Å². The van der Waals surface area contributed by atoms with E-state index < -0.39 is 5.60 Å². The number of ether oxygens (including phenoxy) is 2. The lowest BCUT2D eigenvalue weighted by molar-refractivity contribution is 0.000939.